The maximum Gasteiger partial charge on any atom is 0.165 e. The molecule has 0 spiro atoms. The molecule has 1 heterocycles. The number of hydrogen-bond donors (Lipinski definition) is 0. The van der Waals surface area contributed by atoms with Gasteiger partial charge >= 0.3 is 0 Å². The number of thiazole rings is 1. The number of hydrogen-bond acceptors (Lipinski definition) is 4. The van der Waals surface area contributed by atoms with Gasteiger partial charge in [0.1, 0.15) is 11.1 Å². The van der Waals surface area contributed by atoms with E-state index in [2.05, 4.69) is 4.98 Å². The highest BCUT2D eigenvalue weighted by Crippen LogP contribution is 2.27. The molecule has 0 bridgehead atoms. The molecule has 0 aliphatic heterocycles. The highest BCUT2D eigenvalue weighted by Gasteiger charge is 2.08. The van der Waals surface area contributed by atoms with E-state index < -0.39 is 5.82 Å². The first kappa shape index (κ1) is 10.6. The minimum Gasteiger partial charge on any atom is -0.494 e. The molecule has 0 saturated carbocycles. The molecule has 0 N–H and O–H groups in total. The lowest BCUT2D eigenvalue weighted by atomic mass is 10.2. The highest BCUT2D eigenvalue weighted by molar-refractivity contribution is 7.13. The molecule has 0 amide bonds. The lowest BCUT2D eigenvalue weighted by Crippen LogP contribution is -1.88. The van der Waals surface area contributed by atoms with Crippen molar-refractivity contribution in [3.05, 3.63) is 35.1 Å². The van der Waals surface area contributed by atoms with E-state index in [-0.39, 0.29) is 5.75 Å². The molecule has 0 fully saturated rings. The molecule has 1 aromatic carbocycles. The standard InChI is InChI=1S/C11H7FN2OS/c1-15-10-3-2-7(4-9(10)12)11-14-8(5-13)6-16-11/h2-4,6H,1H3. The number of rotatable bonds is 2. The first-order valence-corrected chi connectivity index (χ1v) is 5.32. The van der Waals surface area contributed by atoms with Gasteiger partial charge in [-0.25, -0.2) is 9.37 Å². The summed E-state index contributed by atoms with van der Waals surface area (Å²) in [6.45, 7) is 0. The normalized spacial score (nSPS) is 9.81. The molecule has 16 heavy (non-hydrogen) atoms. The van der Waals surface area contributed by atoms with E-state index in [1.807, 2.05) is 6.07 Å². The molecule has 2 aromatic rings. The number of ether oxygens (including phenoxy) is 1. The van der Waals surface area contributed by atoms with E-state index in [0.29, 0.717) is 16.3 Å². The maximum absolute atomic E-state index is 13.4. The van der Waals surface area contributed by atoms with Crippen LogP contribution < -0.4 is 4.74 Å². The molecule has 1 aromatic heterocycles. The summed E-state index contributed by atoms with van der Waals surface area (Å²) in [5.74, 6) is -0.241. The molecular weight excluding hydrogens is 227 g/mol. The summed E-state index contributed by atoms with van der Waals surface area (Å²) in [6.07, 6.45) is 0. The third-order valence-corrected chi connectivity index (χ3v) is 2.91. The monoisotopic (exact) mass is 234 g/mol. The number of halogens is 1. The molecule has 0 saturated heterocycles. The van der Waals surface area contributed by atoms with Crippen LogP contribution in [0.2, 0.25) is 0 Å². The van der Waals surface area contributed by atoms with E-state index in [4.69, 9.17) is 10.00 Å². The minimum absolute atomic E-state index is 0.195. The van der Waals surface area contributed by atoms with E-state index in [9.17, 15) is 4.39 Å². The Bertz CT molecular complexity index is 559. The lowest BCUT2D eigenvalue weighted by Gasteiger charge is -2.02. The highest BCUT2D eigenvalue weighted by atomic mass is 32.1. The van der Waals surface area contributed by atoms with Gasteiger partial charge in [-0.3, -0.25) is 0 Å². The van der Waals surface area contributed by atoms with E-state index in [1.165, 1.54) is 30.6 Å². The summed E-state index contributed by atoms with van der Waals surface area (Å²) in [5.41, 5.74) is 0.987. The van der Waals surface area contributed by atoms with Gasteiger partial charge in [-0.2, -0.15) is 5.26 Å². The summed E-state index contributed by atoms with van der Waals surface area (Å²) >= 11 is 1.31. The fourth-order valence-corrected chi connectivity index (χ4v) is 2.00. The predicted molar refractivity (Wildman–Crippen MR) is 58.8 cm³/mol. The van der Waals surface area contributed by atoms with Crippen LogP contribution in [0.3, 0.4) is 0 Å². The second-order valence-corrected chi connectivity index (χ2v) is 3.86. The molecule has 5 heteroatoms. The zero-order valence-electron chi connectivity index (χ0n) is 8.40. The van der Waals surface area contributed by atoms with Crippen molar-refractivity contribution < 1.29 is 9.13 Å². The molecule has 0 atom stereocenters. The fourth-order valence-electron chi connectivity index (χ4n) is 1.26. The minimum atomic E-state index is -0.436. The van der Waals surface area contributed by atoms with E-state index >= 15 is 0 Å². The maximum atomic E-state index is 13.4. The van der Waals surface area contributed by atoms with Crippen LogP contribution >= 0.6 is 11.3 Å². The summed E-state index contributed by atoms with van der Waals surface area (Å²) in [4.78, 5) is 4.05. The van der Waals surface area contributed by atoms with Crippen LogP contribution in [-0.4, -0.2) is 12.1 Å². The predicted octanol–water partition coefficient (Wildman–Crippen LogP) is 2.83. The lowest BCUT2D eigenvalue weighted by molar-refractivity contribution is 0.386. The fraction of sp³-hybridized carbons (Fsp3) is 0.0909. The van der Waals surface area contributed by atoms with Gasteiger partial charge in [0, 0.05) is 10.9 Å². The summed E-state index contributed by atoms with van der Waals surface area (Å²) in [5, 5.41) is 10.9. The molecule has 0 unspecified atom stereocenters. The molecule has 0 aliphatic rings. The number of aromatic nitrogens is 1. The summed E-state index contributed by atoms with van der Waals surface area (Å²) < 4.78 is 18.2. The first-order chi connectivity index (χ1) is 7.74. The molecular formula is C11H7FN2OS. The van der Waals surface area contributed by atoms with Gasteiger partial charge in [0.05, 0.1) is 7.11 Å². The van der Waals surface area contributed by atoms with E-state index in [1.54, 1.807) is 11.4 Å². The van der Waals surface area contributed by atoms with Crippen molar-refractivity contribution in [2.75, 3.05) is 7.11 Å². The molecule has 3 nitrogen and oxygen atoms in total. The van der Waals surface area contributed by atoms with Crippen molar-refractivity contribution in [1.82, 2.24) is 4.98 Å². The molecule has 0 radical (unpaired) electrons. The van der Waals surface area contributed by atoms with Gasteiger partial charge < -0.3 is 4.74 Å². The average molecular weight is 234 g/mol. The van der Waals surface area contributed by atoms with Crippen LogP contribution in [0.25, 0.3) is 10.6 Å². The van der Waals surface area contributed by atoms with Crippen molar-refractivity contribution in [1.29, 1.82) is 5.26 Å². The Kier molecular flexibility index (Phi) is 2.84. The Morgan fingerprint density at radius 2 is 2.31 bits per heavy atom. The Labute approximate surface area is 95.8 Å². The third kappa shape index (κ3) is 1.88. The third-order valence-electron chi connectivity index (χ3n) is 2.02. The van der Waals surface area contributed by atoms with Crippen molar-refractivity contribution in [3.63, 3.8) is 0 Å². The zero-order valence-corrected chi connectivity index (χ0v) is 9.21. The van der Waals surface area contributed by atoms with Gasteiger partial charge in [0.25, 0.3) is 0 Å². The topological polar surface area (TPSA) is 45.9 Å². The van der Waals surface area contributed by atoms with Crippen LogP contribution in [-0.2, 0) is 0 Å². The molecule has 2 rings (SSSR count). The van der Waals surface area contributed by atoms with Crippen LogP contribution in [0, 0.1) is 17.1 Å². The second kappa shape index (κ2) is 4.29. The Morgan fingerprint density at radius 3 is 2.88 bits per heavy atom. The quantitative estimate of drug-likeness (QED) is 0.802. The number of methoxy groups -OCH3 is 1. The summed E-state index contributed by atoms with van der Waals surface area (Å²) in [7, 11) is 1.41. The first-order valence-electron chi connectivity index (χ1n) is 4.44. The smallest absolute Gasteiger partial charge is 0.165 e. The van der Waals surface area contributed by atoms with E-state index in [0.717, 1.165) is 0 Å². The SMILES string of the molecule is COc1ccc(-c2nc(C#N)cs2)cc1F. The number of nitrogens with zero attached hydrogens (tertiary/aromatic N) is 2. The zero-order chi connectivity index (χ0) is 11.5. The van der Waals surface area contributed by atoms with Gasteiger partial charge in [-0.15, -0.1) is 11.3 Å². The average Bonchev–Trinajstić information content (AvgIpc) is 2.77. The van der Waals surface area contributed by atoms with Gasteiger partial charge in [0.15, 0.2) is 17.3 Å². The van der Waals surface area contributed by atoms with Crippen LogP contribution in [0.5, 0.6) is 5.75 Å². The largest absolute Gasteiger partial charge is 0.494 e. The summed E-state index contributed by atoms with van der Waals surface area (Å²) in [6, 6.07) is 6.53. The van der Waals surface area contributed by atoms with Crippen LogP contribution in [0.15, 0.2) is 23.6 Å². The molecule has 80 valence electrons. The molecule has 0 aliphatic carbocycles. The van der Waals surface area contributed by atoms with Crippen molar-refractivity contribution >= 4 is 11.3 Å². The Balaban J connectivity index is 2.42. The van der Waals surface area contributed by atoms with Crippen LogP contribution in [0.1, 0.15) is 5.69 Å². The Morgan fingerprint density at radius 1 is 1.50 bits per heavy atom. The van der Waals surface area contributed by atoms with Crippen molar-refractivity contribution in [2.24, 2.45) is 0 Å². The Hall–Kier alpha value is -1.93. The van der Waals surface area contributed by atoms with Crippen molar-refractivity contribution in [3.8, 4) is 22.4 Å². The van der Waals surface area contributed by atoms with Gasteiger partial charge in [0.2, 0.25) is 0 Å². The number of nitriles is 1. The second-order valence-electron chi connectivity index (χ2n) is 3.00. The van der Waals surface area contributed by atoms with Crippen molar-refractivity contribution in [2.45, 2.75) is 0 Å². The van der Waals surface area contributed by atoms with Crippen LogP contribution in [0.4, 0.5) is 4.39 Å². The van der Waals surface area contributed by atoms with Gasteiger partial charge in [-0.05, 0) is 18.2 Å². The number of benzene rings is 1. The van der Waals surface area contributed by atoms with Gasteiger partial charge in [-0.1, -0.05) is 0 Å².